The van der Waals surface area contributed by atoms with Crippen LogP contribution in [0.1, 0.15) is 37.7 Å². The van der Waals surface area contributed by atoms with Gasteiger partial charge in [-0.05, 0) is 36.5 Å². The van der Waals surface area contributed by atoms with E-state index in [-0.39, 0.29) is 16.9 Å². The molecular formula is C21H24F4OSi. The van der Waals surface area contributed by atoms with Crippen molar-refractivity contribution in [3.8, 4) is 16.9 Å². The summed E-state index contributed by atoms with van der Waals surface area (Å²) in [4.78, 5) is 0. The van der Waals surface area contributed by atoms with Crippen LogP contribution in [-0.4, -0.2) is 15.2 Å². The van der Waals surface area contributed by atoms with Gasteiger partial charge in [0.2, 0.25) is 0 Å². The molecule has 1 saturated heterocycles. The Morgan fingerprint density at radius 1 is 1.04 bits per heavy atom. The molecule has 0 unspecified atom stereocenters. The molecule has 1 heterocycles. The van der Waals surface area contributed by atoms with Crippen molar-refractivity contribution in [1.82, 2.24) is 0 Å². The summed E-state index contributed by atoms with van der Waals surface area (Å²) in [5, 5.41) is 0. The van der Waals surface area contributed by atoms with Crippen LogP contribution < -0.4 is 4.74 Å². The summed E-state index contributed by atoms with van der Waals surface area (Å²) in [6, 6.07) is 14.6. The summed E-state index contributed by atoms with van der Waals surface area (Å²) in [5.41, 5.74) is 1.19. The maximum Gasteiger partial charge on any atom is 0.573 e. The first kappa shape index (κ1) is 19.9. The molecular weight excluding hydrogens is 372 g/mol. The lowest BCUT2D eigenvalue weighted by Crippen LogP contribution is -2.20. The Hall–Kier alpha value is -1.82. The van der Waals surface area contributed by atoms with Crippen LogP contribution in [0.2, 0.25) is 18.1 Å². The van der Waals surface area contributed by atoms with E-state index >= 15 is 0 Å². The summed E-state index contributed by atoms with van der Waals surface area (Å²) in [5.74, 6) is -0.530. The third-order valence-electron chi connectivity index (χ3n) is 5.41. The Morgan fingerprint density at radius 2 is 1.74 bits per heavy atom. The molecule has 0 amide bonds. The van der Waals surface area contributed by atoms with E-state index < -0.39 is 21.0 Å². The van der Waals surface area contributed by atoms with Crippen molar-refractivity contribution in [3.63, 3.8) is 0 Å². The zero-order valence-electron chi connectivity index (χ0n) is 15.4. The van der Waals surface area contributed by atoms with Gasteiger partial charge in [-0.1, -0.05) is 61.8 Å². The van der Waals surface area contributed by atoms with Gasteiger partial charge in [-0.2, -0.15) is 0 Å². The monoisotopic (exact) mass is 396 g/mol. The second-order valence-electron chi connectivity index (χ2n) is 7.29. The van der Waals surface area contributed by atoms with Crippen LogP contribution in [0, 0.1) is 5.82 Å². The third kappa shape index (κ3) is 5.12. The first-order chi connectivity index (χ1) is 12.9. The van der Waals surface area contributed by atoms with Crippen LogP contribution in [0.5, 0.6) is 5.75 Å². The predicted octanol–water partition coefficient (Wildman–Crippen LogP) is 6.91. The van der Waals surface area contributed by atoms with Gasteiger partial charge >= 0.3 is 6.36 Å². The van der Waals surface area contributed by atoms with Gasteiger partial charge in [0, 0.05) is 19.9 Å². The number of rotatable bonds is 5. The largest absolute Gasteiger partial charge is 0.573 e. The first-order valence-electron chi connectivity index (χ1n) is 9.52. The van der Waals surface area contributed by atoms with E-state index in [1.165, 1.54) is 48.8 Å². The van der Waals surface area contributed by atoms with Crippen molar-refractivity contribution in [1.29, 1.82) is 0 Å². The molecule has 1 fully saturated rings. The maximum absolute atomic E-state index is 14.8. The van der Waals surface area contributed by atoms with Crippen molar-refractivity contribution >= 4 is 8.80 Å². The van der Waals surface area contributed by atoms with Crippen molar-refractivity contribution in [2.45, 2.75) is 56.6 Å². The number of benzene rings is 2. The molecule has 0 aromatic heterocycles. The van der Waals surface area contributed by atoms with Gasteiger partial charge in [-0.25, -0.2) is 4.39 Å². The highest BCUT2D eigenvalue weighted by Crippen LogP contribution is 2.39. The fourth-order valence-corrected chi connectivity index (χ4v) is 7.53. The number of para-hydroxylation sites is 1. The Balaban J connectivity index is 1.80. The van der Waals surface area contributed by atoms with Gasteiger partial charge in [-0.3, -0.25) is 0 Å². The van der Waals surface area contributed by atoms with E-state index in [4.69, 9.17) is 0 Å². The lowest BCUT2D eigenvalue weighted by atomic mass is 9.91. The van der Waals surface area contributed by atoms with E-state index in [1.807, 2.05) is 6.07 Å². The Bertz CT molecular complexity index is 767. The van der Waals surface area contributed by atoms with Crippen LogP contribution in [0.25, 0.3) is 11.1 Å². The maximum atomic E-state index is 14.8. The minimum absolute atomic E-state index is 0.109. The van der Waals surface area contributed by atoms with Crippen LogP contribution in [0.15, 0.2) is 42.5 Å². The summed E-state index contributed by atoms with van der Waals surface area (Å²) in [6.45, 7) is 2.23. The lowest BCUT2D eigenvalue weighted by Gasteiger charge is -2.28. The van der Waals surface area contributed by atoms with E-state index in [2.05, 4.69) is 11.7 Å². The second-order valence-corrected chi connectivity index (χ2v) is 10.8. The quantitative estimate of drug-likeness (QED) is 0.394. The molecule has 0 saturated carbocycles. The van der Waals surface area contributed by atoms with Crippen molar-refractivity contribution < 1.29 is 22.3 Å². The molecule has 1 nitrogen and oxygen atoms in total. The number of hydrogen-bond donors (Lipinski definition) is 0. The fourth-order valence-electron chi connectivity index (χ4n) is 4.10. The molecule has 6 heteroatoms. The van der Waals surface area contributed by atoms with Gasteiger partial charge in [0.05, 0.1) is 0 Å². The zero-order valence-corrected chi connectivity index (χ0v) is 16.5. The molecule has 0 radical (unpaired) electrons. The highest BCUT2D eigenvalue weighted by Gasteiger charge is 2.32. The van der Waals surface area contributed by atoms with Crippen LogP contribution in [-0.2, 0) is 0 Å². The average molecular weight is 397 g/mol. The van der Waals surface area contributed by atoms with Gasteiger partial charge in [-0.15, -0.1) is 13.2 Å². The van der Waals surface area contributed by atoms with E-state index in [0.29, 0.717) is 5.92 Å². The molecule has 1 aliphatic heterocycles. The standard InChI is InChI=1S/C21H24F4OSi/c1-2-11-27-12-9-15(10-13-27)16-7-8-17(19(22)14-16)18-5-3-4-6-20(18)26-21(23,24)25/h3-8,14-15,27H,2,9-13H2,1H3. The smallest absolute Gasteiger partial charge is 0.405 e. The number of hydrogen-bond acceptors (Lipinski definition) is 1. The molecule has 0 N–H and O–H groups in total. The van der Waals surface area contributed by atoms with E-state index in [0.717, 1.165) is 18.4 Å². The zero-order chi connectivity index (χ0) is 19.4. The topological polar surface area (TPSA) is 9.23 Å². The molecule has 0 spiro atoms. The lowest BCUT2D eigenvalue weighted by molar-refractivity contribution is -0.274. The normalized spacial score (nSPS) is 20.5. The average Bonchev–Trinajstić information content (AvgIpc) is 2.62. The fraction of sp³-hybridized carbons (Fsp3) is 0.429. The molecule has 1 aliphatic rings. The Kier molecular flexibility index (Phi) is 6.24. The van der Waals surface area contributed by atoms with Gasteiger partial charge in [0.15, 0.2) is 0 Å². The number of ether oxygens (including phenoxy) is 1. The second kappa shape index (κ2) is 8.46. The minimum Gasteiger partial charge on any atom is -0.405 e. The Morgan fingerprint density at radius 3 is 2.37 bits per heavy atom. The highest BCUT2D eigenvalue weighted by atomic mass is 28.3. The molecule has 27 heavy (non-hydrogen) atoms. The first-order valence-corrected chi connectivity index (χ1v) is 12.0. The van der Waals surface area contributed by atoms with Gasteiger partial charge in [0.1, 0.15) is 11.6 Å². The summed E-state index contributed by atoms with van der Waals surface area (Å²) in [7, 11) is -0.604. The van der Waals surface area contributed by atoms with E-state index in [1.54, 1.807) is 12.1 Å². The van der Waals surface area contributed by atoms with Gasteiger partial charge < -0.3 is 4.74 Å². The summed E-state index contributed by atoms with van der Waals surface area (Å²) >= 11 is 0. The molecule has 0 aliphatic carbocycles. The molecule has 2 aromatic rings. The van der Waals surface area contributed by atoms with E-state index in [9.17, 15) is 17.6 Å². The summed E-state index contributed by atoms with van der Waals surface area (Å²) < 4.78 is 56.7. The number of alkyl halides is 3. The highest BCUT2D eigenvalue weighted by molar-refractivity contribution is 6.59. The molecule has 0 atom stereocenters. The molecule has 2 aromatic carbocycles. The van der Waals surface area contributed by atoms with Crippen molar-refractivity contribution in [2.24, 2.45) is 0 Å². The minimum atomic E-state index is -4.81. The third-order valence-corrected chi connectivity index (χ3v) is 9.10. The van der Waals surface area contributed by atoms with Crippen LogP contribution in [0.4, 0.5) is 17.6 Å². The molecule has 3 rings (SSSR count). The van der Waals surface area contributed by atoms with Gasteiger partial charge in [0.25, 0.3) is 0 Å². The number of halogens is 4. The van der Waals surface area contributed by atoms with Crippen molar-refractivity contribution in [3.05, 3.63) is 53.8 Å². The van der Waals surface area contributed by atoms with Crippen LogP contribution in [0.3, 0.4) is 0 Å². The van der Waals surface area contributed by atoms with Crippen molar-refractivity contribution in [2.75, 3.05) is 0 Å². The summed E-state index contributed by atoms with van der Waals surface area (Å²) in [6.07, 6.45) is -1.36. The molecule has 146 valence electrons. The Labute approximate surface area is 159 Å². The molecule has 0 bridgehead atoms. The predicted molar refractivity (Wildman–Crippen MR) is 102 cm³/mol. The van der Waals surface area contributed by atoms with Crippen LogP contribution >= 0.6 is 0 Å². The SMILES string of the molecule is CCC[SiH]1CCC(c2ccc(-c3ccccc3OC(F)(F)F)c(F)c2)CC1.